The van der Waals surface area contributed by atoms with E-state index >= 15 is 0 Å². The fraction of sp³-hybridized carbons (Fsp3) is 0.217. The van der Waals surface area contributed by atoms with E-state index in [4.69, 9.17) is 17.7 Å². The molecule has 0 unspecified atom stereocenters. The van der Waals surface area contributed by atoms with E-state index in [1.165, 1.54) is 0 Å². The van der Waals surface area contributed by atoms with Crippen LogP contribution in [0.15, 0.2) is 84.9 Å². The molecule has 0 bridgehead atoms. The van der Waals surface area contributed by atoms with Crippen molar-refractivity contribution in [3.05, 3.63) is 84.9 Å². The number of rotatable bonds is 5. The van der Waals surface area contributed by atoms with Gasteiger partial charge in [0.05, 0.1) is 17.1 Å². The molecule has 0 fully saturated rings. The highest BCUT2D eigenvalue weighted by atomic mass is 32.2. The van der Waals surface area contributed by atoms with Crippen molar-refractivity contribution in [2.24, 2.45) is 0 Å². The zero-order valence-electron chi connectivity index (χ0n) is 18.2. The van der Waals surface area contributed by atoms with Gasteiger partial charge >= 0.3 is 15.6 Å². The number of benzene rings is 3. The molecule has 6 nitrogen and oxygen atoms in total. The molecule has 0 spiro atoms. The lowest BCUT2D eigenvalue weighted by atomic mass is 10.2. The smallest absolute Gasteiger partial charge is 0.488 e. The van der Waals surface area contributed by atoms with Gasteiger partial charge in [-0.15, -0.1) is 0 Å². The molecule has 0 amide bonds. The summed E-state index contributed by atoms with van der Waals surface area (Å²) in [6.07, 6.45) is 0. The lowest BCUT2D eigenvalue weighted by Crippen LogP contribution is -2.25. The van der Waals surface area contributed by atoms with Crippen molar-refractivity contribution in [3.8, 4) is 5.75 Å². The maximum absolute atomic E-state index is 10.7. The average Bonchev–Trinajstić information content (AvgIpc) is 2.72. The molecule has 3 aromatic carbocycles. The summed E-state index contributed by atoms with van der Waals surface area (Å²) in [5.74, 6) is 0.865. The Morgan fingerprint density at radius 1 is 0.788 bits per heavy atom. The summed E-state index contributed by atoms with van der Waals surface area (Å²) in [7, 11) is -5.84. The average molecular weight is 483 g/mol. The summed E-state index contributed by atoms with van der Waals surface area (Å²) in [5.41, 5.74) is 0.865. The highest BCUT2D eigenvalue weighted by molar-refractivity contribution is 7.86. The molecular weight excluding hydrogens is 457 g/mol. The van der Waals surface area contributed by atoms with E-state index in [2.05, 4.69) is 34.7 Å². The van der Waals surface area contributed by atoms with Crippen LogP contribution >= 0.6 is 0 Å². The van der Waals surface area contributed by atoms with Crippen molar-refractivity contribution in [2.45, 2.75) is 31.9 Å². The topological polar surface area (TPSA) is 78.9 Å². The van der Waals surface area contributed by atoms with Gasteiger partial charge in [-0.25, -0.2) is 0 Å². The molecule has 33 heavy (non-hydrogen) atoms. The van der Waals surface area contributed by atoms with Gasteiger partial charge in [0.2, 0.25) is 0 Å². The summed E-state index contributed by atoms with van der Waals surface area (Å²) >= 11 is 0. The number of ether oxygens (including phenoxy) is 1. The second-order valence-corrected chi connectivity index (χ2v) is 9.19. The molecule has 0 saturated heterocycles. The van der Waals surface area contributed by atoms with E-state index < -0.39 is 15.6 Å². The molecule has 2 N–H and O–H groups in total. The molecule has 10 heteroatoms. The van der Waals surface area contributed by atoms with Crippen molar-refractivity contribution >= 4 is 27.2 Å². The number of hydrogen-bond donors (Lipinski definition) is 2. The minimum Gasteiger partial charge on any atom is -0.488 e. The van der Waals surface area contributed by atoms with E-state index in [1.54, 1.807) is 0 Å². The highest BCUT2D eigenvalue weighted by Crippen LogP contribution is 2.29. The number of hydrazine groups is 1. The quantitative estimate of drug-likeness (QED) is 0.248. The van der Waals surface area contributed by atoms with Crippen molar-refractivity contribution in [1.29, 1.82) is 0 Å². The van der Waals surface area contributed by atoms with E-state index in [9.17, 15) is 13.2 Å². The third-order valence-corrected chi connectivity index (χ3v) is 4.43. The van der Waals surface area contributed by atoms with Gasteiger partial charge in [0.15, 0.2) is 0 Å². The number of nitrogens with one attached hydrogen (secondary N) is 1. The zero-order chi connectivity index (χ0) is 24.7. The van der Waals surface area contributed by atoms with Crippen LogP contribution in [0.4, 0.5) is 30.2 Å². The second kappa shape index (κ2) is 10.6. The monoisotopic (exact) mass is 482 g/mol. The van der Waals surface area contributed by atoms with Crippen LogP contribution in [0.1, 0.15) is 20.8 Å². The number of para-hydroxylation sites is 2. The number of hydrogen-bond acceptors (Lipinski definition) is 5. The van der Waals surface area contributed by atoms with Crippen molar-refractivity contribution in [2.75, 3.05) is 10.4 Å². The van der Waals surface area contributed by atoms with Crippen LogP contribution in [0.25, 0.3) is 0 Å². The first-order valence-corrected chi connectivity index (χ1v) is 11.2. The van der Waals surface area contributed by atoms with Crippen LogP contribution in [0, 0.1) is 0 Å². The van der Waals surface area contributed by atoms with E-state index in [0.29, 0.717) is 0 Å². The van der Waals surface area contributed by atoms with Gasteiger partial charge in [0.25, 0.3) is 0 Å². The molecular formula is C23H25F3N2O4S. The first kappa shape index (κ1) is 26.0. The van der Waals surface area contributed by atoms with Gasteiger partial charge in [-0.1, -0.05) is 36.4 Å². The Labute approximate surface area is 191 Å². The maximum Gasteiger partial charge on any atom is 0.522 e. The molecule has 0 radical (unpaired) electrons. The fourth-order valence-electron chi connectivity index (χ4n) is 2.51. The van der Waals surface area contributed by atoms with E-state index in [-0.39, 0.29) is 5.60 Å². The Balaban J connectivity index is 0.000000414. The molecule has 0 atom stereocenters. The van der Waals surface area contributed by atoms with Gasteiger partial charge in [-0.3, -0.25) is 15.0 Å². The third kappa shape index (κ3) is 8.66. The minimum absolute atomic E-state index is 0.205. The number of alkyl halides is 3. The Bertz CT molecular complexity index is 1100. The molecule has 0 aliphatic rings. The third-order valence-electron chi connectivity index (χ3n) is 3.84. The van der Waals surface area contributed by atoms with Crippen LogP contribution < -0.4 is 15.2 Å². The predicted molar refractivity (Wildman–Crippen MR) is 123 cm³/mol. The zero-order valence-corrected chi connectivity index (χ0v) is 19.1. The highest BCUT2D eigenvalue weighted by Gasteiger charge is 2.44. The largest absolute Gasteiger partial charge is 0.522 e. The first-order chi connectivity index (χ1) is 15.3. The summed E-state index contributed by atoms with van der Waals surface area (Å²) in [4.78, 5) is 0. The first-order valence-electron chi connectivity index (χ1n) is 9.76. The van der Waals surface area contributed by atoms with E-state index in [0.717, 1.165) is 22.8 Å². The number of halogens is 3. The van der Waals surface area contributed by atoms with Crippen molar-refractivity contribution in [1.82, 2.24) is 0 Å². The van der Waals surface area contributed by atoms with Gasteiger partial charge in [-0.05, 0) is 69.3 Å². The maximum atomic E-state index is 10.7. The Hall–Kier alpha value is -3.24. The van der Waals surface area contributed by atoms with Gasteiger partial charge < -0.3 is 4.74 Å². The molecule has 0 saturated carbocycles. The summed E-state index contributed by atoms with van der Waals surface area (Å²) in [5, 5.41) is 2.07. The van der Waals surface area contributed by atoms with Crippen LogP contribution in [0.3, 0.4) is 0 Å². The van der Waals surface area contributed by atoms with Crippen LogP contribution in [0.5, 0.6) is 5.75 Å². The van der Waals surface area contributed by atoms with Crippen LogP contribution in [-0.2, 0) is 10.1 Å². The van der Waals surface area contributed by atoms with Gasteiger partial charge in [0.1, 0.15) is 11.4 Å². The van der Waals surface area contributed by atoms with Gasteiger partial charge in [0, 0.05) is 0 Å². The molecule has 0 aromatic heterocycles. The van der Waals surface area contributed by atoms with Gasteiger partial charge in [-0.2, -0.15) is 21.6 Å². The Morgan fingerprint density at radius 2 is 1.21 bits per heavy atom. The summed E-state index contributed by atoms with van der Waals surface area (Å²) in [6.45, 7) is 6.15. The standard InChI is InChI=1S/C22H24N2O.CHF3O3S/c1-22(2,3)25-21-16-14-20(15-17-21)24(19-12-8-5-9-13-19)23-18-10-6-4-7-11-18;2-1(3,4)8(5,6)7/h4-17,23H,1-3H3;(H,5,6,7). The van der Waals surface area contributed by atoms with Crippen LogP contribution in [-0.4, -0.2) is 24.1 Å². The molecule has 0 heterocycles. The Kier molecular flexibility index (Phi) is 8.34. The fourth-order valence-corrected chi connectivity index (χ4v) is 2.51. The number of anilines is 3. The molecule has 3 rings (SSSR count). The molecule has 0 aliphatic heterocycles. The predicted octanol–water partition coefficient (Wildman–Crippen LogP) is 6.42. The summed E-state index contributed by atoms with van der Waals surface area (Å²) < 4.78 is 63.5. The molecule has 3 aromatic rings. The number of nitrogens with zero attached hydrogens (tertiary/aromatic N) is 1. The lowest BCUT2D eigenvalue weighted by Gasteiger charge is -2.27. The SMILES string of the molecule is CC(C)(C)Oc1ccc(N(Nc2ccccc2)c2ccccc2)cc1.O=S(=O)(O)C(F)(F)F. The minimum atomic E-state index is -5.84. The summed E-state index contributed by atoms with van der Waals surface area (Å²) in [6, 6.07) is 28.5. The Morgan fingerprint density at radius 3 is 1.64 bits per heavy atom. The molecule has 178 valence electrons. The van der Waals surface area contributed by atoms with Crippen molar-refractivity contribution < 1.29 is 30.9 Å². The lowest BCUT2D eigenvalue weighted by molar-refractivity contribution is -0.0510. The normalized spacial score (nSPS) is 11.7. The van der Waals surface area contributed by atoms with Crippen molar-refractivity contribution in [3.63, 3.8) is 0 Å². The molecule has 0 aliphatic carbocycles. The van der Waals surface area contributed by atoms with Crippen LogP contribution in [0.2, 0.25) is 0 Å². The van der Waals surface area contributed by atoms with E-state index in [1.807, 2.05) is 81.4 Å². The second-order valence-electron chi connectivity index (χ2n) is 7.78.